The quantitative estimate of drug-likeness (QED) is 0.626. The number of hydrogen-bond donors (Lipinski definition) is 1. The van der Waals surface area contributed by atoms with Gasteiger partial charge in [-0.05, 0) is 30.3 Å². The third-order valence-electron chi connectivity index (χ3n) is 3.64. The predicted molar refractivity (Wildman–Crippen MR) is 93.8 cm³/mol. The minimum absolute atomic E-state index is 0.0180. The lowest BCUT2D eigenvalue weighted by atomic mass is 10.2. The van der Waals surface area contributed by atoms with Crippen molar-refractivity contribution < 1.29 is 32.3 Å². The van der Waals surface area contributed by atoms with Crippen molar-refractivity contribution in [1.29, 1.82) is 0 Å². The number of carbonyl (C=O) groups is 2. The van der Waals surface area contributed by atoms with E-state index in [2.05, 4.69) is 4.99 Å². The van der Waals surface area contributed by atoms with Gasteiger partial charge in [0.2, 0.25) is 0 Å². The Bertz CT molecular complexity index is 1170. The van der Waals surface area contributed by atoms with E-state index in [1.807, 2.05) is 0 Å². The molecule has 0 aliphatic heterocycles. The molecule has 2 aromatic carbocycles. The number of rotatable bonds is 3. The smallest absolute Gasteiger partial charge is 0.419 e. The molecule has 146 valence electrons. The van der Waals surface area contributed by atoms with Gasteiger partial charge in [-0.3, -0.25) is 9.59 Å². The van der Waals surface area contributed by atoms with Crippen LogP contribution in [0.1, 0.15) is 15.9 Å². The number of amides is 1. The molecule has 1 amide bonds. The lowest BCUT2D eigenvalue weighted by molar-refractivity contribution is -0.140. The van der Waals surface area contributed by atoms with E-state index < -0.39 is 36.0 Å². The Balaban J connectivity index is 2.24. The Hall–Kier alpha value is -2.72. The molecule has 0 unspecified atom stereocenters. The van der Waals surface area contributed by atoms with Crippen LogP contribution in [-0.2, 0) is 17.5 Å². The van der Waals surface area contributed by atoms with Crippen LogP contribution in [0.25, 0.3) is 10.2 Å². The summed E-state index contributed by atoms with van der Waals surface area (Å²) in [6, 6.07) is 6.95. The molecule has 1 N–H and O–H groups in total. The van der Waals surface area contributed by atoms with Gasteiger partial charge in [-0.1, -0.05) is 29.0 Å². The number of nitrogens with zero attached hydrogens (tertiary/aromatic N) is 2. The molecule has 11 heteroatoms. The van der Waals surface area contributed by atoms with Crippen molar-refractivity contribution >= 4 is 45.0 Å². The van der Waals surface area contributed by atoms with Crippen LogP contribution in [0.2, 0.25) is 5.02 Å². The summed E-state index contributed by atoms with van der Waals surface area (Å²) in [5.41, 5.74) is -1.63. The highest BCUT2D eigenvalue weighted by Crippen LogP contribution is 2.34. The van der Waals surface area contributed by atoms with Gasteiger partial charge in [-0.25, -0.2) is 4.39 Å². The molecule has 0 spiro atoms. The summed E-state index contributed by atoms with van der Waals surface area (Å²) in [6.07, 6.45) is -4.96. The van der Waals surface area contributed by atoms with E-state index in [0.29, 0.717) is 23.5 Å². The fourth-order valence-corrected chi connectivity index (χ4v) is 3.68. The zero-order valence-electron chi connectivity index (χ0n) is 13.6. The lowest BCUT2D eigenvalue weighted by Crippen LogP contribution is -2.21. The van der Waals surface area contributed by atoms with Crippen molar-refractivity contribution in [3.8, 4) is 0 Å². The van der Waals surface area contributed by atoms with Gasteiger partial charge >= 0.3 is 12.1 Å². The molecule has 0 atom stereocenters. The van der Waals surface area contributed by atoms with Crippen LogP contribution in [0.15, 0.2) is 41.4 Å². The van der Waals surface area contributed by atoms with E-state index in [9.17, 15) is 27.2 Å². The van der Waals surface area contributed by atoms with Crippen molar-refractivity contribution in [3.05, 3.63) is 63.2 Å². The van der Waals surface area contributed by atoms with Gasteiger partial charge in [0, 0.05) is 10.6 Å². The van der Waals surface area contributed by atoms with Crippen LogP contribution in [0.5, 0.6) is 0 Å². The SMILES string of the molecule is O=C(O)Cn1c(=NC(=O)c2cccc(Cl)c2)sc2cc(F)c(C(F)(F)F)cc21. The maximum atomic E-state index is 13.8. The number of halogens is 5. The van der Waals surface area contributed by atoms with Crippen molar-refractivity contribution in [3.63, 3.8) is 0 Å². The van der Waals surface area contributed by atoms with Crippen LogP contribution in [0.4, 0.5) is 17.6 Å². The standard InChI is InChI=1S/C17H9ClF4N2O3S/c18-9-3-1-2-8(4-9)15(27)23-16-24(7-14(25)26)12-5-10(17(20,21)22)11(19)6-13(12)28-16/h1-6H,7H2,(H,25,26). The van der Waals surface area contributed by atoms with Gasteiger partial charge < -0.3 is 9.67 Å². The average Bonchev–Trinajstić information content (AvgIpc) is 2.89. The second-order valence-corrected chi connectivity index (χ2v) is 7.03. The van der Waals surface area contributed by atoms with E-state index in [-0.39, 0.29) is 25.6 Å². The molecule has 5 nitrogen and oxygen atoms in total. The highest BCUT2D eigenvalue weighted by Gasteiger charge is 2.35. The van der Waals surface area contributed by atoms with Gasteiger partial charge in [0.25, 0.3) is 5.91 Å². The number of aromatic nitrogens is 1. The molecule has 1 heterocycles. The van der Waals surface area contributed by atoms with E-state index in [0.717, 1.165) is 4.57 Å². The first kappa shape index (κ1) is 20.0. The number of fused-ring (bicyclic) bond motifs is 1. The largest absolute Gasteiger partial charge is 0.480 e. The van der Waals surface area contributed by atoms with Gasteiger partial charge in [0.15, 0.2) is 4.80 Å². The van der Waals surface area contributed by atoms with E-state index in [1.54, 1.807) is 0 Å². The second kappa shape index (κ2) is 7.36. The number of benzene rings is 2. The molecule has 0 saturated heterocycles. The summed E-state index contributed by atoms with van der Waals surface area (Å²) in [4.78, 5) is 27.1. The van der Waals surface area contributed by atoms with Crippen molar-refractivity contribution in [2.24, 2.45) is 4.99 Å². The Morgan fingerprint density at radius 1 is 1.21 bits per heavy atom. The van der Waals surface area contributed by atoms with Crippen LogP contribution in [-0.4, -0.2) is 21.6 Å². The van der Waals surface area contributed by atoms with E-state index in [1.165, 1.54) is 24.3 Å². The topological polar surface area (TPSA) is 71.7 Å². The second-order valence-electron chi connectivity index (χ2n) is 5.59. The fraction of sp³-hybridized carbons (Fsp3) is 0.118. The minimum atomic E-state index is -4.96. The number of alkyl halides is 3. The zero-order chi connectivity index (χ0) is 20.6. The number of thiazole rings is 1. The Labute approximate surface area is 163 Å². The molecule has 0 bridgehead atoms. The predicted octanol–water partition coefficient (Wildman–Crippen LogP) is 4.34. The van der Waals surface area contributed by atoms with Crippen molar-refractivity contribution in [1.82, 2.24) is 4.57 Å². The summed E-state index contributed by atoms with van der Waals surface area (Å²) in [6.45, 7) is -0.759. The molecule has 0 saturated carbocycles. The first-order valence-electron chi connectivity index (χ1n) is 7.53. The summed E-state index contributed by atoms with van der Waals surface area (Å²) >= 11 is 6.51. The van der Waals surface area contributed by atoms with Crippen LogP contribution in [0.3, 0.4) is 0 Å². The molecular weight excluding hydrogens is 424 g/mol. The zero-order valence-corrected chi connectivity index (χ0v) is 15.2. The van der Waals surface area contributed by atoms with Gasteiger partial charge in [0.05, 0.1) is 15.8 Å². The van der Waals surface area contributed by atoms with E-state index >= 15 is 0 Å². The molecule has 3 rings (SSSR count). The number of carboxylic acid groups (broad SMARTS) is 1. The first-order chi connectivity index (χ1) is 13.1. The summed E-state index contributed by atoms with van der Waals surface area (Å²) in [5, 5.41) is 9.35. The Morgan fingerprint density at radius 3 is 2.54 bits per heavy atom. The van der Waals surface area contributed by atoms with Crippen LogP contribution >= 0.6 is 22.9 Å². The number of carboxylic acids is 1. The molecule has 28 heavy (non-hydrogen) atoms. The van der Waals surface area contributed by atoms with Crippen molar-refractivity contribution in [2.75, 3.05) is 0 Å². The number of carbonyl (C=O) groups excluding carboxylic acids is 1. The number of hydrogen-bond acceptors (Lipinski definition) is 3. The fourth-order valence-electron chi connectivity index (χ4n) is 2.45. The Kier molecular flexibility index (Phi) is 5.26. The monoisotopic (exact) mass is 432 g/mol. The molecular formula is C17H9ClF4N2O3S. The summed E-state index contributed by atoms with van der Waals surface area (Å²) < 4.78 is 53.8. The van der Waals surface area contributed by atoms with Crippen molar-refractivity contribution in [2.45, 2.75) is 12.7 Å². The molecule has 3 aromatic rings. The number of aliphatic carboxylic acids is 1. The van der Waals surface area contributed by atoms with Gasteiger partial charge in [0.1, 0.15) is 12.4 Å². The average molecular weight is 433 g/mol. The molecule has 0 aliphatic rings. The lowest BCUT2D eigenvalue weighted by Gasteiger charge is -2.09. The third-order valence-corrected chi connectivity index (χ3v) is 4.92. The summed E-state index contributed by atoms with van der Waals surface area (Å²) in [5.74, 6) is -3.64. The normalized spacial score (nSPS) is 12.5. The van der Waals surface area contributed by atoms with Gasteiger partial charge in [-0.2, -0.15) is 18.2 Å². The Morgan fingerprint density at radius 2 is 1.93 bits per heavy atom. The minimum Gasteiger partial charge on any atom is -0.480 e. The maximum absolute atomic E-state index is 13.8. The highest BCUT2D eigenvalue weighted by atomic mass is 35.5. The maximum Gasteiger partial charge on any atom is 0.419 e. The molecule has 0 radical (unpaired) electrons. The molecule has 0 aliphatic carbocycles. The molecule has 0 fully saturated rings. The van der Waals surface area contributed by atoms with Crippen LogP contribution < -0.4 is 4.80 Å². The van der Waals surface area contributed by atoms with Gasteiger partial charge in [-0.15, -0.1) is 0 Å². The van der Waals surface area contributed by atoms with Crippen LogP contribution in [0, 0.1) is 5.82 Å². The summed E-state index contributed by atoms with van der Waals surface area (Å²) in [7, 11) is 0. The first-order valence-corrected chi connectivity index (χ1v) is 8.72. The third kappa shape index (κ3) is 4.07. The molecule has 1 aromatic heterocycles. The van der Waals surface area contributed by atoms with E-state index in [4.69, 9.17) is 16.7 Å². The highest BCUT2D eigenvalue weighted by molar-refractivity contribution is 7.16.